The molecule has 2 N–H and O–H groups in total. The van der Waals surface area contributed by atoms with Crippen molar-refractivity contribution in [1.29, 1.82) is 0 Å². The first-order chi connectivity index (χ1) is 8.13. The minimum absolute atomic E-state index is 0.0152. The Morgan fingerprint density at radius 1 is 1.41 bits per heavy atom. The molecule has 0 aliphatic heterocycles. The molecule has 1 aromatic rings. The maximum atomic E-state index is 11.7. The molecule has 0 bridgehead atoms. The summed E-state index contributed by atoms with van der Waals surface area (Å²) in [6.07, 6.45) is 4.58. The Morgan fingerprint density at radius 3 is 2.59 bits per heavy atom. The van der Waals surface area contributed by atoms with E-state index in [1.807, 2.05) is 26.0 Å². The maximum absolute atomic E-state index is 11.7. The van der Waals surface area contributed by atoms with Gasteiger partial charge in [0.1, 0.15) is 0 Å². The molecule has 1 atom stereocenters. The third-order valence-corrected chi connectivity index (χ3v) is 2.74. The highest BCUT2D eigenvalue weighted by Gasteiger charge is 2.14. The van der Waals surface area contributed by atoms with Gasteiger partial charge in [0.05, 0.1) is 12.6 Å². The van der Waals surface area contributed by atoms with Gasteiger partial charge in [-0.25, -0.2) is 0 Å². The van der Waals surface area contributed by atoms with Crippen molar-refractivity contribution in [2.24, 2.45) is 5.92 Å². The zero-order valence-corrected chi connectivity index (χ0v) is 10.4. The smallest absolute Gasteiger partial charge is 0.220 e. The summed E-state index contributed by atoms with van der Waals surface area (Å²) in [4.78, 5) is 15.6. The van der Waals surface area contributed by atoms with E-state index in [1.54, 1.807) is 12.4 Å². The molecule has 1 rings (SSSR count). The van der Waals surface area contributed by atoms with Crippen molar-refractivity contribution >= 4 is 5.91 Å². The minimum Gasteiger partial charge on any atom is -0.394 e. The van der Waals surface area contributed by atoms with Crippen LogP contribution in [-0.2, 0) is 11.2 Å². The number of hydrogen-bond donors (Lipinski definition) is 2. The number of aliphatic hydroxyl groups is 1. The Labute approximate surface area is 102 Å². The lowest BCUT2D eigenvalue weighted by molar-refractivity contribution is -0.122. The lowest BCUT2D eigenvalue weighted by atomic mass is 10.0. The molecule has 0 aliphatic carbocycles. The second kappa shape index (κ2) is 7.01. The molecule has 0 unspecified atom stereocenters. The van der Waals surface area contributed by atoms with Gasteiger partial charge < -0.3 is 10.4 Å². The molecule has 0 spiro atoms. The van der Waals surface area contributed by atoms with Crippen molar-refractivity contribution in [3.63, 3.8) is 0 Å². The fraction of sp³-hybridized carbons (Fsp3) is 0.538. The van der Waals surface area contributed by atoms with Gasteiger partial charge in [-0.3, -0.25) is 9.78 Å². The quantitative estimate of drug-likeness (QED) is 0.778. The molecule has 1 aromatic heterocycles. The van der Waals surface area contributed by atoms with Crippen molar-refractivity contribution in [2.75, 3.05) is 6.61 Å². The fourth-order valence-corrected chi connectivity index (χ4v) is 1.51. The molecule has 4 heteroatoms. The topological polar surface area (TPSA) is 62.2 Å². The number of hydrogen-bond acceptors (Lipinski definition) is 3. The van der Waals surface area contributed by atoms with E-state index in [9.17, 15) is 4.79 Å². The first kappa shape index (κ1) is 13.6. The monoisotopic (exact) mass is 236 g/mol. The van der Waals surface area contributed by atoms with Gasteiger partial charge in [-0.05, 0) is 30.0 Å². The number of aliphatic hydroxyl groups excluding tert-OH is 1. The van der Waals surface area contributed by atoms with Gasteiger partial charge in [0.15, 0.2) is 0 Å². The van der Waals surface area contributed by atoms with E-state index in [0.29, 0.717) is 12.8 Å². The largest absolute Gasteiger partial charge is 0.394 e. The lowest BCUT2D eigenvalue weighted by Gasteiger charge is -2.19. The van der Waals surface area contributed by atoms with Gasteiger partial charge in [-0.2, -0.15) is 0 Å². The molecular formula is C13H20N2O2. The number of amides is 1. The van der Waals surface area contributed by atoms with Crippen LogP contribution in [0.1, 0.15) is 25.8 Å². The summed E-state index contributed by atoms with van der Waals surface area (Å²) < 4.78 is 0. The first-order valence-corrected chi connectivity index (χ1v) is 5.92. The molecule has 1 amide bonds. The molecule has 0 radical (unpaired) electrons. The van der Waals surface area contributed by atoms with Gasteiger partial charge in [0.2, 0.25) is 5.91 Å². The zero-order chi connectivity index (χ0) is 12.7. The van der Waals surface area contributed by atoms with Crippen LogP contribution < -0.4 is 5.32 Å². The molecule has 4 nitrogen and oxygen atoms in total. The van der Waals surface area contributed by atoms with Crippen LogP contribution in [0.4, 0.5) is 0 Å². The van der Waals surface area contributed by atoms with Crippen LogP contribution in [0, 0.1) is 5.92 Å². The molecule has 0 aromatic carbocycles. The Bertz CT molecular complexity index is 339. The van der Waals surface area contributed by atoms with Crippen molar-refractivity contribution < 1.29 is 9.90 Å². The van der Waals surface area contributed by atoms with Crippen LogP contribution in [-0.4, -0.2) is 28.6 Å². The van der Waals surface area contributed by atoms with Gasteiger partial charge in [0.25, 0.3) is 0 Å². The molecule has 94 valence electrons. The van der Waals surface area contributed by atoms with Crippen LogP contribution in [0.25, 0.3) is 0 Å². The SMILES string of the molecule is CC(C)[C@@H](CO)NC(=O)CCc1ccncc1. The van der Waals surface area contributed by atoms with E-state index >= 15 is 0 Å². The predicted molar refractivity (Wildman–Crippen MR) is 66.4 cm³/mol. The minimum atomic E-state index is -0.153. The van der Waals surface area contributed by atoms with Crippen molar-refractivity contribution in [3.05, 3.63) is 30.1 Å². The summed E-state index contributed by atoms with van der Waals surface area (Å²) in [5, 5.41) is 11.9. The number of rotatable bonds is 6. The Morgan fingerprint density at radius 2 is 2.06 bits per heavy atom. The average molecular weight is 236 g/mol. The normalized spacial score (nSPS) is 12.5. The van der Waals surface area contributed by atoms with E-state index in [2.05, 4.69) is 10.3 Å². The van der Waals surface area contributed by atoms with Crippen LogP contribution in [0.15, 0.2) is 24.5 Å². The lowest BCUT2D eigenvalue weighted by Crippen LogP contribution is -2.41. The van der Waals surface area contributed by atoms with Gasteiger partial charge in [-0.1, -0.05) is 13.8 Å². The molecule has 0 fully saturated rings. The van der Waals surface area contributed by atoms with Crippen LogP contribution in [0.2, 0.25) is 0 Å². The standard InChI is InChI=1S/C13H20N2O2/c1-10(2)12(9-16)15-13(17)4-3-11-5-7-14-8-6-11/h5-8,10,12,16H,3-4,9H2,1-2H3,(H,15,17)/t12-/m1/s1. The molecular weight excluding hydrogens is 216 g/mol. The van der Waals surface area contributed by atoms with E-state index < -0.39 is 0 Å². The van der Waals surface area contributed by atoms with Crippen LogP contribution in [0.5, 0.6) is 0 Å². The summed E-state index contributed by atoms with van der Waals surface area (Å²) >= 11 is 0. The number of pyridine rings is 1. The van der Waals surface area contributed by atoms with E-state index in [-0.39, 0.29) is 24.5 Å². The second-order valence-electron chi connectivity index (χ2n) is 4.46. The number of carbonyl (C=O) groups excluding carboxylic acids is 1. The third-order valence-electron chi connectivity index (χ3n) is 2.74. The third kappa shape index (κ3) is 4.95. The first-order valence-electron chi connectivity index (χ1n) is 5.92. The van der Waals surface area contributed by atoms with Gasteiger partial charge in [-0.15, -0.1) is 0 Å². The average Bonchev–Trinajstić information content (AvgIpc) is 2.34. The molecule has 0 aliphatic rings. The van der Waals surface area contributed by atoms with Crippen molar-refractivity contribution in [1.82, 2.24) is 10.3 Å². The Hall–Kier alpha value is -1.42. The van der Waals surface area contributed by atoms with E-state index in [0.717, 1.165) is 5.56 Å². The Kier molecular flexibility index (Phi) is 5.63. The van der Waals surface area contributed by atoms with E-state index in [1.165, 1.54) is 0 Å². The number of nitrogens with one attached hydrogen (secondary N) is 1. The van der Waals surface area contributed by atoms with Gasteiger partial charge in [0, 0.05) is 18.8 Å². The number of nitrogens with zero attached hydrogens (tertiary/aromatic N) is 1. The number of carbonyl (C=O) groups is 1. The molecule has 0 saturated carbocycles. The van der Waals surface area contributed by atoms with Crippen LogP contribution in [0.3, 0.4) is 0 Å². The summed E-state index contributed by atoms with van der Waals surface area (Å²) in [6.45, 7) is 3.94. The summed E-state index contributed by atoms with van der Waals surface area (Å²) in [6, 6.07) is 3.65. The predicted octanol–water partition coefficient (Wildman–Crippen LogP) is 1.15. The highest BCUT2D eigenvalue weighted by atomic mass is 16.3. The van der Waals surface area contributed by atoms with Gasteiger partial charge >= 0.3 is 0 Å². The van der Waals surface area contributed by atoms with Crippen molar-refractivity contribution in [3.8, 4) is 0 Å². The summed E-state index contributed by atoms with van der Waals surface area (Å²) in [7, 11) is 0. The molecule has 1 heterocycles. The van der Waals surface area contributed by atoms with E-state index in [4.69, 9.17) is 5.11 Å². The molecule has 0 saturated heterocycles. The Balaban J connectivity index is 2.35. The zero-order valence-electron chi connectivity index (χ0n) is 10.4. The highest BCUT2D eigenvalue weighted by Crippen LogP contribution is 2.03. The van der Waals surface area contributed by atoms with Crippen LogP contribution >= 0.6 is 0 Å². The second-order valence-corrected chi connectivity index (χ2v) is 4.46. The van der Waals surface area contributed by atoms with Crippen molar-refractivity contribution in [2.45, 2.75) is 32.7 Å². The highest BCUT2D eigenvalue weighted by molar-refractivity contribution is 5.76. The number of aromatic nitrogens is 1. The maximum Gasteiger partial charge on any atom is 0.220 e. The summed E-state index contributed by atoms with van der Waals surface area (Å²) in [5.41, 5.74) is 1.10. The summed E-state index contributed by atoms with van der Waals surface area (Å²) in [5.74, 6) is 0.222. The molecule has 17 heavy (non-hydrogen) atoms. The number of aryl methyl sites for hydroxylation is 1. The fourth-order valence-electron chi connectivity index (χ4n) is 1.51.